The maximum atomic E-state index is 12.5. The number of rotatable bonds is 3. The van der Waals surface area contributed by atoms with Gasteiger partial charge in [-0.2, -0.15) is 0 Å². The predicted octanol–water partition coefficient (Wildman–Crippen LogP) is 3.43. The van der Waals surface area contributed by atoms with Gasteiger partial charge in [0, 0.05) is 30.6 Å². The van der Waals surface area contributed by atoms with E-state index in [2.05, 4.69) is 5.32 Å². The highest BCUT2D eigenvalue weighted by Gasteiger charge is 2.42. The van der Waals surface area contributed by atoms with Crippen LogP contribution in [-0.4, -0.2) is 42.1 Å². The molecule has 1 fully saturated rings. The summed E-state index contributed by atoms with van der Waals surface area (Å²) in [5, 5.41) is 3.47. The Morgan fingerprint density at radius 1 is 1.29 bits per heavy atom. The van der Waals surface area contributed by atoms with E-state index in [1.54, 1.807) is 4.90 Å². The zero-order chi connectivity index (χ0) is 17.9. The van der Waals surface area contributed by atoms with Gasteiger partial charge in [0.2, 0.25) is 5.91 Å². The minimum Gasteiger partial charge on any atom is -0.444 e. The van der Waals surface area contributed by atoms with Crippen molar-refractivity contribution < 1.29 is 14.3 Å². The second-order valence-corrected chi connectivity index (χ2v) is 7.42. The lowest BCUT2D eigenvalue weighted by Crippen LogP contribution is -2.37. The summed E-state index contributed by atoms with van der Waals surface area (Å²) in [5.74, 6) is -0.538. The summed E-state index contributed by atoms with van der Waals surface area (Å²) >= 11 is 6.32. The minimum atomic E-state index is -0.569. The highest BCUT2D eigenvalue weighted by Crippen LogP contribution is 2.37. The van der Waals surface area contributed by atoms with Crippen LogP contribution in [0, 0.1) is 5.92 Å². The van der Waals surface area contributed by atoms with E-state index in [9.17, 15) is 9.59 Å². The summed E-state index contributed by atoms with van der Waals surface area (Å²) < 4.78 is 5.45. The van der Waals surface area contributed by atoms with Gasteiger partial charge in [-0.25, -0.2) is 4.79 Å². The highest BCUT2D eigenvalue weighted by atomic mass is 35.5. The third-order valence-corrected chi connectivity index (χ3v) is 4.31. The van der Waals surface area contributed by atoms with E-state index in [-0.39, 0.29) is 17.7 Å². The highest BCUT2D eigenvalue weighted by molar-refractivity contribution is 6.31. The maximum absolute atomic E-state index is 12.5. The third kappa shape index (κ3) is 4.41. The fraction of sp³-hybridized carbons (Fsp3) is 0.556. The Kier molecular flexibility index (Phi) is 5.75. The summed E-state index contributed by atoms with van der Waals surface area (Å²) in [6.45, 7) is 8.66. The lowest BCUT2D eigenvalue weighted by molar-refractivity contribution is -0.124. The van der Waals surface area contributed by atoms with Crippen LogP contribution in [0.3, 0.4) is 0 Å². The normalized spacial score (nSPS) is 20.8. The first kappa shape index (κ1) is 18.6. The zero-order valence-electron chi connectivity index (χ0n) is 14.6. The fourth-order valence-electron chi connectivity index (χ4n) is 2.94. The summed E-state index contributed by atoms with van der Waals surface area (Å²) in [5.41, 5.74) is 0.322. The Bertz CT molecular complexity index is 613. The Morgan fingerprint density at radius 2 is 1.96 bits per heavy atom. The molecule has 0 bridgehead atoms. The molecule has 1 saturated heterocycles. The van der Waals surface area contributed by atoms with Crippen LogP contribution in [0.1, 0.15) is 39.2 Å². The molecular formula is C18H25ClN2O3. The molecule has 2 amide bonds. The van der Waals surface area contributed by atoms with Crippen molar-refractivity contribution in [2.75, 3.05) is 19.6 Å². The molecule has 5 nitrogen and oxygen atoms in total. The van der Waals surface area contributed by atoms with E-state index in [1.165, 1.54) is 0 Å². The number of amides is 2. The Morgan fingerprint density at radius 3 is 2.54 bits per heavy atom. The Hall–Kier alpha value is -1.75. The molecule has 132 valence electrons. The van der Waals surface area contributed by atoms with Crippen LogP contribution >= 0.6 is 11.6 Å². The molecule has 0 spiro atoms. The number of carbonyl (C=O) groups is 2. The number of halogens is 1. The van der Waals surface area contributed by atoms with E-state index in [0.717, 1.165) is 5.56 Å². The molecule has 1 aromatic rings. The molecule has 0 saturated carbocycles. The van der Waals surface area contributed by atoms with Gasteiger partial charge in [-0.1, -0.05) is 29.8 Å². The van der Waals surface area contributed by atoms with Crippen LogP contribution in [0.25, 0.3) is 0 Å². The van der Waals surface area contributed by atoms with Crippen molar-refractivity contribution in [1.29, 1.82) is 0 Å². The molecule has 1 aliphatic heterocycles. The molecule has 24 heavy (non-hydrogen) atoms. The van der Waals surface area contributed by atoms with Gasteiger partial charge in [0.25, 0.3) is 0 Å². The second kappa shape index (κ2) is 7.43. The average Bonchev–Trinajstić information content (AvgIpc) is 2.91. The quantitative estimate of drug-likeness (QED) is 0.906. The molecule has 2 rings (SSSR count). The third-order valence-electron chi connectivity index (χ3n) is 3.96. The number of nitrogens with one attached hydrogen (secondary N) is 1. The van der Waals surface area contributed by atoms with Crippen LogP contribution < -0.4 is 5.32 Å². The molecule has 1 aromatic carbocycles. The topological polar surface area (TPSA) is 58.6 Å². The van der Waals surface area contributed by atoms with Crippen molar-refractivity contribution in [2.45, 2.75) is 39.2 Å². The van der Waals surface area contributed by atoms with E-state index >= 15 is 0 Å². The first-order valence-corrected chi connectivity index (χ1v) is 8.60. The molecule has 1 N–H and O–H groups in total. The van der Waals surface area contributed by atoms with Crippen molar-refractivity contribution in [3.63, 3.8) is 0 Å². The largest absolute Gasteiger partial charge is 0.444 e. The van der Waals surface area contributed by atoms with Gasteiger partial charge in [-0.3, -0.25) is 4.79 Å². The van der Waals surface area contributed by atoms with Crippen LogP contribution in [0.15, 0.2) is 24.3 Å². The molecule has 1 unspecified atom stereocenters. The standard InChI is InChI=1S/C18H25ClN2O3/c1-5-20-16(22)14-11-21(17(23)24-18(2,3)4)10-13(14)12-8-6-7-9-15(12)19/h6-9,13-14H,5,10-11H2,1-4H3,(H,20,22)/t13-,14?/m1/s1. The number of likely N-dealkylation sites (tertiary alicyclic amines) is 1. The smallest absolute Gasteiger partial charge is 0.410 e. The minimum absolute atomic E-state index is 0.0616. The van der Waals surface area contributed by atoms with Gasteiger partial charge in [0.05, 0.1) is 5.92 Å². The predicted molar refractivity (Wildman–Crippen MR) is 94.2 cm³/mol. The van der Waals surface area contributed by atoms with Crippen LogP contribution in [0.4, 0.5) is 4.79 Å². The van der Waals surface area contributed by atoms with Gasteiger partial charge in [-0.05, 0) is 39.3 Å². The van der Waals surface area contributed by atoms with E-state index < -0.39 is 11.7 Å². The molecule has 6 heteroatoms. The molecular weight excluding hydrogens is 328 g/mol. The van der Waals surface area contributed by atoms with Gasteiger partial charge >= 0.3 is 6.09 Å². The van der Waals surface area contributed by atoms with Crippen molar-refractivity contribution in [3.8, 4) is 0 Å². The van der Waals surface area contributed by atoms with Gasteiger partial charge in [-0.15, -0.1) is 0 Å². The molecule has 1 heterocycles. The second-order valence-electron chi connectivity index (χ2n) is 7.01. The van der Waals surface area contributed by atoms with Crippen LogP contribution in [0.2, 0.25) is 5.02 Å². The van der Waals surface area contributed by atoms with Crippen molar-refractivity contribution in [2.24, 2.45) is 5.92 Å². The molecule has 1 aliphatic rings. The first-order valence-electron chi connectivity index (χ1n) is 8.23. The van der Waals surface area contributed by atoms with Gasteiger partial charge in [0.15, 0.2) is 0 Å². The number of benzene rings is 1. The van der Waals surface area contributed by atoms with Gasteiger partial charge < -0.3 is 15.0 Å². The van der Waals surface area contributed by atoms with E-state index in [0.29, 0.717) is 24.7 Å². The lowest BCUT2D eigenvalue weighted by Gasteiger charge is -2.24. The summed E-state index contributed by atoms with van der Waals surface area (Å²) in [7, 11) is 0. The fourth-order valence-corrected chi connectivity index (χ4v) is 3.22. The number of hydrogen-bond donors (Lipinski definition) is 1. The van der Waals surface area contributed by atoms with Crippen LogP contribution in [0.5, 0.6) is 0 Å². The van der Waals surface area contributed by atoms with Gasteiger partial charge in [0.1, 0.15) is 5.60 Å². The van der Waals surface area contributed by atoms with Crippen LogP contribution in [-0.2, 0) is 9.53 Å². The Balaban J connectivity index is 2.25. The summed E-state index contributed by atoms with van der Waals surface area (Å²) in [6.07, 6.45) is -0.397. The number of nitrogens with zero attached hydrogens (tertiary/aromatic N) is 1. The van der Waals surface area contributed by atoms with E-state index in [1.807, 2.05) is 52.0 Å². The molecule has 2 atom stereocenters. The van der Waals surface area contributed by atoms with Crippen molar-refractivity contribution >= 4 is 23.6 Å². The number of hydrogen-bond acceptors (Lipinski definition) is 3. The average molecular weight is 353 g/mol. The Labute approximate surface area is 148 Å². The zero-order valence-corrected chi connectivity index (χ0v) is 15.4. The molecule has 0 aromatic heterocycles. The maximum Gasteiger partial charge on any atom is 0.410 e. The SMILES string of the molecule is CCNC(=O)C1CN(C(=O)OC(C)(C)C)C[C@@H]1c1ccccc1Cl. The monoisotopic (exact) mass is 352 g/mol. The summed E-state index contributed by atoms with van der Waals surface area (Å²) in [6, 6.07) is 7.47. The van der Waals surface area contributed by atoms with Crippen molar-refractivity contribution in [3.05, 3.63) is 34.9 Å². The molecule has 0 aliphatic carbocycles. The van der Waals surface area contributed by atoms with Crippen molar-refractivity contribution in [1.82, 2.24) is 10.2 Å². The number of ether oxygens (including phenoxy) is 1. The number of carbonyl (C=O) groups excluding carboxylic acids is 2. The first-order chi connectivity index (χ1) is 11.2. The lowest BCUT2D eigenvalue weighted by atomic mass is 9.88. The molecule has 0 radical (unpaired) electrons. The van der Waals surface area contributed by atoms with E-state index in [4.69, 9.17) is 16.3 Å². The summed E-state index contributed by atoms with van der Waals surface area (Å²) in [4.78, 5) is 26.4.